The Hall–Kier alpha value is -2.34. The third kappa shape index (κ3) is 1.82. The molecule has 3 rings (SSSR count). The average Bonchev–Trinajstić information content (AvgIpc) is 2.44. The lowest BCUT2D eigenvalue weighted by Gasteiger charge is -2.04. The molecule has 0 atom stereocenters. The van der Waals surface area contributed by atoms with E-state index in [2.05, 4.69) is 25.5 Å². The van der Waals surface area contributed by atoms with Gasteiger partial charge in [0.15, 0.2) is 0 Å². The zero-order valence-corrected chi connectivity index (χ0v) is 9.54. The van der Waals surface area contributed by atoms with Gasteiger partial charge < -0.3 is 10.4 Å². The molecule has 6 heteroatoms. The molecule has 0 unspecified atom stereocenters. The number of nitrogens with one attached hydrogen (secondary N) is 1. The molecule has 0 saturated carbocycles. The molecule has 18 heavy (non-hydrogen) atoms. The summed E-state index contributed by atoms with van der Waals surface area (Å²) in [7, 11) is 0. The van der Waals surface area contributed by atoms with Crippen LogP contribution in [0.3, 0.4) is 0 Å². The minimum atomic E-state index is 0.0252. The lowest BCUT2D eigenvalue weighted by atomic mass is 10.2. The van der Waals surface area contributed by atoms with Gasteiger partial charge in [-0.25, -0.2) is 4.98 Å². The van der Waals surface area contributed by atoms with Crippen molar-refractivity contribution in [2.75, 3.05) is 18.5 Å². The van der Waals surface area contributed by atoms with Crippen LogP contribution in [0.2, 0.25) is 0 Å². The van der Waals surface area contributed by atoms with Gasteiger partial charge >= 0.3 is 0 Å². The molecule has 0 bridgehead atoms. The SMILES string of the molecule is OCCNc1nnc2c(cnc3ccccc32)n1. The molecule has 6 nitrogen and oxygen atoms in total. The van der Waals surface area contributed by atoms with Crippen molar-refractivity contribution in [3.63, 3.8) is 0 Å². The molecule has 90 valence electrons. The van der Waals surface area contributed by atoms with Crippen LogP contribution < -0.4 is 5.32 Å². The maximum atomic E-state index is 8.73. The van der Waals surface area contributed by atoms with E-state index in [4.69, 9.17) is 5.11 Å². The molecule has 0 amide bonds. The van der Waals surface area contributed by atoms with Crippen molar-refractivity contribution >= 4 is 27.9 Å². The van der Waals surface area contributed by atoms with Gasteiger partial charge in [0, 0.05) is 11.9 Å². The zero-order chi connectivity index (χ0) is 12.4. The molecule has 0 aliphatic rings. The number of aliphatic hydroxyl groups excluding tert-OH is 1. The van der Waals surface area contributed by atoms with E-state index in [1.807, 2.05) is 24.3 Å². The van der Waals surface area contributed by atoms with E-state index in [9.17, 15) is 0 Å². The molecule has 3 aromatic rings. The van der Waals surface area contributed by atoms with Crippen LogP contribution in [0.4, 0.5) is 5.95 Å². The number of anilines is 1. The van der Waals surface area contributed by atoms with E-state index in [-0.39, 0.29) is 6.61 Å². The summed E-state index contributed by atoms with van der Waals surface area (Å²) in [5, 5.41) is 20.7. The predicted octanol–water partition coefficient (Wildman–Crippen LogP) is 0.977. The van der Waals surface area contributed by atoms with Gasteiger partial charge in [0.05, 0.1) is 18.3 Å². The van der Waals surface area contributed by atoms with Crippen LogP contribution in [-0.4, -0.2) is 38.4 Å². The summed E-state index contributed by atoms with van der Waals surface area (Å²) in [5.74, 6) is 0.397. The number of aromatic nitrogens is 4. The minimum absolute atomic E-state index is 0.0252. The second-order valence-corrected chi connectivity index (χ2v) is 3.79. The number of aliphatic hydroxyl groups is 1. The summed E-state index contributed by atoms with van der Waals surface area (Å²) in [4.78, 5) is 8.63. The molecule has 0 aliphatic heterocycles. The number of fused-ring (bicyclic) bond motifs is 3. The minimum Gasteiger partial charge on any atom is -0.395 e. The molecular formula is C12H11N5O. The van der Waals surface area contributed by atoms with E-state index < -0.39 is 0 Å². The quantitative estimate of drug-likeness (QED) is 0.665. The highest BCUT2D eigenvalue weighted by Crippen LogP contribution is 2.19. The van der Waals surface area contributed by atoms with Crippen LogP contribution in [0.15, 0.2) is 30.5 Å². The topological polar surface area (TPSA) is 83.8 Å². The molecule has 2 aromatic heterocycles. The number of rotatable bonds is 3. The first-order valence-electron chi connectivity index (χ1n) is 5.61. The third-order valence-corrected chi connectivity index (χ3v) is 2.59. The molecular weight excluding hydrogens is 230 g/mol. The summed E-state index contributed by atoms with van der Waals surface area (Å²) >= 11 is 0. The Morgan fingerprint density at radius 3 is 2.89 bits per heavy atom. The third-order valence-electron chi connectivity index (χ3n) is 2.59. The van der Waals surface area contributed by atoms with Crippen molar-refractivity contribution in [3.8, 4) is 0 Å². The highest BCUT2D eigenvalue weighted by molar-refractivity contribution is 6.01. The van der Waals surface area contributed by atoms with Crippen molar-refractivity contribution in [2.45, 2.75) is 0 Å². The lowest BCUT2D eigenvalue weighted by Crippen LogP contribution is -2.09. The Balaban J connectivity index is 2.15. The van der Waals surface area contributed by atoms with Gasteiger partial charge in [0.1, 0.15) is 11.0 Å². The van der Waals surface area contributed by atoms with E-state index in [1.54, 1.807) is 6.20 Å². The maximum Gasteiger partial charge on any atom is 0.243 e. The van der Waals surface area contributed by atoms with Gasteiger partial charge in [0.2, 0.25) is 5.95 Å². The summed E-state index contributed by atoms with van der Waals surface area (Å²) in [6.45, 7) is 0.422. The van der Waals surface area contributed by atoms with Crippen molar-refractivity contribution in [1.82, 2.24) is 20.2 Å². The van der Waals surface area contributed by atoms with Gasteiger partial charge in [-0.1, -0.05) is 18.2 Å². The number of hydrogen-bond donors (Lipinski definition) is 2. The first-order chi connectivity index (χ1) is 8.88. The molecule has 2 N–H and O–H groups in total. The zero-order valence-electron chi connectivity index (χ0n) is 9.54. The van der Waals surface area contributed by atoms with Gasteiger partial charge in [-0.2, -0.15) is 0 Å². The smallest absolute Gasteiger partial charge is 0.243 e. The van der Waals surface area contributed by atoms with Gasteiger partial charge in [0.25, 0.3) is 0 Å². The molecule has 0 radical (unpaired) electrons. The summed E-state index contributed by atoms with van der Waals surface area (Å²) in [6.07, 6.45) is 1.68. The Kier molecular flexibility index (Phi) is 2.70. The van der Waals surface area contributed by atoms with Crippen molar-refractivity contribution < 1.29 is 5.11 Å². The maximum absolute atomic E-state index is 8.73. The standard InChI is InChI=1S/C12H11N5O/c18-6-5-13-12-15-10-7-14-9-4-2-1-3-8(9)11(10)16-17-12/h1-4,7,18H,5-6H2,(H,13,15,17). The first-order valence-corrected chi connectivity index (χ1v) is 5.61. The average molecular weight is 241 g/mol. The van der Waals surface area contributed by atoms with E-state index >= 15 is 0 Å². The van der Waals surface area contributed by atoms with Gasteiger partial charge in [-0.3, -0.25) is 4.98 Å². The molecule has 0 aliphatic carbocycles. The van der Waals surface area contributed by atoms with Crippen molar-refractivity contribution in [1.29, 1.82) is 0 Å². The fraction of sp³-hybridized carbons (Fsp3) is 0.167. The Morgan fingerprint density at radius 2 is 2.00 bits per heavy atom. The van der Waals surface area contributed by atoms with Crippen LogP contribution in [0.5, 0.6) is 0 Å². The number of nitrogens with zero attached hydrogens (tertiary/aromatic N) is 4. The molecule has 1 aromatic carbocycles. The molecule has 2 heterocycles. The Labute approximate surface area is 103 Å². The lowest BCUT2D eigenvalue weighted by molar-refractivity contribution is 0.310. The van der Waals surface area contributed by atoms with E-state index in [0.717, 1.165) is 16.4 Å². The van der Waals surface area contributed by atoms with Crippen LogP contribution in [0.25, 0.3) is 21.9 Å². The highest BCUT2D eigenvalue weighted by Gasteiger charge is 2.05. The first kappa shape index (κ1) is 10.8. The second-order valence-electron chi connectivity index (χ2n) is 3.79. The van der Waals surface area contributed by atoms with E-state index in [0.29, 0.717) is 18.0 Å². The highest BCUT2D eigenvalue weighted by atomic mass is 16.3. The van der Waals surface area contributed by atoms with Crippen LogP contribution >= 0.6 is 0 Å². The van der Waals surface area contributed by atoms with E-state index in [1.165, 1.54) is 0 Å². The fourth-order valence-electron chi connectivity index (χ4n) is 1.78. The van der Waals surface area contributed by atoms with Crippen molar-refractivity contribution in [2.24, 2.45) is 0 Å². The molecule has 0 saturated heterocycles. The predicted molar refractivity (Wildman–Crippen MR) is 68.2 cm³/mol. The largest absolute Gasteiger partial charge is 0.395 e. The Morgan fingerprint density at radius 1 is 1.11 bits per heavy atom. The van der Waals surface area contributed by atoms with Crippen LogP contribution in [0, 0.1) is 0 Å². The van der Waals surface area contributed by atoms with Crippen LogP contribution in [0.1, 0.15) is 0 Å². The summed E-state index contributed by atoms with van der Waals surface area (Å²) < 4.78 is 0. The summed E-state index contributed by atoms with van der Waals surface area (Å²) in [5.41, 5.74) is 2.29. The number of benzene rings is 1. The molecule has 0 fully saturated rings. The number of hydrogen-bond acceptors (Lipinski definition) is 6. The van der Waals surface area contributed by atoms with Gasteiger partial charge in [-0.05, 0) is 6.07 Å². The normalized spacial score (nSPS) is 10.9. The van der Waals surface area contributed by atoms with Crippen LogP contribution in [-0.2, 0) is 0 Å². The second kappa shape index (κ2) is 4.50. The van der Waals surface area contributed by atoms with Crippen molar-refractivity contribution in [3.05, 3.63) is 30.5 Å². The number of para-hydroxylation sites is 1. The monoisotopic (exact) mass is 241 g/mol. The Bertz CT molecular complexity index is 700. The molecule has 0 spiro atoms. The number of pyridine rings is 1. The fourth-order valence-corrected chi connectivity index (χ4v) is 1.78. The van der Waals surface area contributed by atoms with Gasteiger partial charge in [-0.15, -0.1) is 10.2 Å². The summed E-state index contributed by atoms with van der Waals surface area (Å²) in [6, 6.07) is 7.73.